The molecule has 2 aromatic carbocycles. The lowest BCUT2D eigenvalue weighted by Gasteiger charge is -2.24. The average molecular weight is 445 g/mol. The van der Waals surface area contributed by atoms with E-state index in [1.165, 1.54) is 11.3 Å². The monoisotopic (exact) mass is 444 g/mol. The van der Waals surface area contributed by atoms with Gasteiger partial charge in [0, 0.05) is 18.7 Å². The highest BCUT2D eigenvalue weighted by Gasteiger charge is 2.22. The minimum absolute atomic E-state index is 0. The molecular weight excluding hydrogens is 420 g/mol. The highest BCUT2D eigenvalue weighted by atomic mass is 35.5. The lowest BCUT2D eigenvalue weighted by Crippen LogP contribution is -2.38. The molecule has 3 rings (SSSR count). The van der Waals surface area contributed by atoms with Crippen molar-refractivity contribution in [3.63, 3.8) is 0 Å². The number of methoxy groups -OCH3 is 1. The third kappa shape index (κ3) is 5.08. The minimum Gasteiger partial charge on any atom is -0.494 e. The molecule has 8 heteroatoms. The zero-order valence-corrected chi connectivity index (χ0v) is 18.9. The third-order valence-corrected chi connectivity index (χ3v) is 5.91. The van der Waals surface area contributed by atoms with Gasteiger partial charge in [-0.15, -0.1) is 12.4 Å². The van der Waals surface area contributed by atoms with Crippen LogP contribution in [0.25, 0.3) is 10.2 Å². The molecule has 0 radical (unpaired) electrons. The minimum atomic E-state index is -0.125. The van der Waals surface area contributed by atoms with Gasteiger partial charge >= 0.3 is 0 Å². The van der Waals surface area contributed by atoms with E-state index in [4.69, 9.17) is 15.0 Å². The number of nitriles is 1. The number of nitrogens with zero attached hydrogens (tertiary/aromatic N) is 4. The second-order valence-corrected chi connectivity index (χ2v) is 7.49. The fraction of sp³-hybridized carbons (Fsp3) is 0.318. The molecule has 1 amide bonds. The van der Waals surface area contributed by atoms with Crippen LogP contribution in [0.1, 0.15) is 29.8 Å². The normalized spacial score (nSPS) is 10.5. The van der Waals surface area contributed by atoms with Gasteiger partial charge in [0.05, 0.1) is 23.4 Å². The zero-order chi connectivity index (χ0) is 20.8. The standard InChI is InChI=1S/C22H24N4O2S.ClH/c1-4-25(5-2)13-14-26(21(27)17-11-9-16(15-23)10-12-17)22-24-20-18(28-3)7-6-8-19(20)29-22;/h6-12H,4-5,13-14H2,1-3H3;1H. The van der Waals surface area contributed by atoms with Crippen LogP contribution in [0.2, 0.25) is 0 Å². The largest absolute Gasteiger partial charge is 0.494 e. The zero-order valence-electron chi connectivity index (χ0n) is 17.3. The van der Waals surface area contributed by atoms with Gasteiger partial charge in [-0.1, -0.05) is 31.3 Å². The first-order chi connectivity index (χ1) is 14.1. The van der Waals surface area contributed by atoms with Crippen molar-refractivity contribution in [1.29, 1.82) is 5.26 Å². The van der Waals surface area contributed by atoms with Crippen LogP contribution in [0.15, 0.2) is 42.5 Å². The number of fused-ring (bicyclic) bond motifs is 1. The molecule has 3 aromatic rings. The fourth-order valence-corrected chi connectivity index (χ4v) is 4.11. The van der Waals surface area contributed by atoms with E-state index in [1.54, 1.807) is 36.3 Å². The third-order valence-electron chi connectivity index (χ3n) is 4.86. The summed E-state index contributed by atoms with van der Waals surface area (Å²) in [5.74, 6) is 0.569. The maximum atomic E-state index is 13.3. The van der Waals surface area contributed by atoms with Gasteiger partial charge in [-0.3, -0.25) is 9.69 Å². The van der Waals surface area contributed by atoms with Gasteiger partial charge in [-0.25, -0.2) is 4.98 Å². The molecule has 0 aliphatic rings. The highest BCUT2D eigenvalue weighted by Crippen LogP contribution is 2.34. The molecule has 0 bridgehead atoms. The van der Waals surface area contributed by atoms with Crippen molar-refractivity contribution in [2.24, 2.45) is 0 Å². The lowest BCUT2D eigenvalue weighted by atomic mass is 10.1. The van der Waals surface area contributed by atoms with Gasteiger partial charge in [-0.2, -0.15) is 5.26 Å². The number of benzene rings is 2. The number of rotatable bonds is 8. The first-order valence-corrected chi connectivity index (χ1v) is 10.4. The van der Waals surface area contributed by atoms with Crippen LogP contribution in [0.5, 0.6) is 5.75 Å². The summed E-state index contributed by atoms with van der Waals surface area (Å²) in [6, 6.07) is 14.6. The predicted molar refractivity (Wildman–Crippen MR) is 124 cm³/mol. The van der Waals surface area contributed by atoms with E-state index in [2.05, 4.69) is 24.8 Å². The summed E-state index contributed by atoms with van der Waals surface area (Å²) in [6.07, 6.45) is 0. The van der Waals surface area contributed by atoms with Crippen LogP contribution in [0.4, 0.5) is 5.13 Å². The van der Waals surface area contributed by atoms with Crippen LogP contribution < -0.4 is 9.64 Å². The van der Waals surface area contributed by atoms with Crippen LogP contribution in [-0.4, -0.2) is 49.1 Å². The summed E-state index contributed by atoms with van der Waals surface area (Å²) in [7, 11) is 1.62. The first-order valence-electron chi connectivity index (χ1n) is 9.59. The molecule has 158 valence electrons. The average Bonchev–Trinajstić information content (AvgIpc) is 3.20. The smallest absolute Gasteiger partial charge is 0.260 e. The molecule has 0 spiro atoms. The van der Waals surface area contributed by atoms with Crippen LogP contribution in [0, 0.1) is 11.3 Å². The number of hydrogen-bond donors (Lipinski definition) is 0. The second kappa shape index (κ2) is 10.9. The van der Waals surface area contributed by atoms with Gasteiger partial charge in [0.1, 0.15) is 11.3 Å². The van der Waals surface area contributed by atoms with Gasteiger partial charge in [0.2, 0.25) is 0 Å². The summed E-state index contributed by atoms with van der Waals surface area (Å²) < 4.78 is 6.40. The molecule has 0 atom stereocenters. The summed E-state index contributed by atoms with van der Waals surface area (Å²) in [5.41, 5.74) is 1.83. The first kappa shape index (κ1) is 23.6. The maximum Gasteiger partial charge on any atom is 0.260 e. The Kier molecular flexibility index (Phi) is 8.60. The molecule has 0 fully saturated rings. The van der Waals surface area contributed by atoms with Crippen molar-refractivity contribution in [3.05, 3.63) is 53.6 Å². The van der Waals surface area contributed by atoms with Gasteiger partial charge in [0.15, 0.2) is 5.13 Å². The lowest BCUT2D eigenvalue weighted by molar-refractivity contribution is 0.0984. The van der Waals surface area contributed by atoms with E-state index in [-0.39, 0.29) is 18.3 Å². The number of hydrogen-bond acceptors (Lipinski definition) is 6. The number of carbonyl (C=O) groups excluding carboxylic acids is 1. The highest BCUT2D eigenvalue weighted by molar-refractivity contribution is 7.22. The quantitative estimate of drug-likeness (QED) is 0.508. The van der Waals surface area contributed by atoms with Crippen molar-refractivity contribution in [1.82, 2.24) is 9.88 Å². The van der Waals surface area contributed by atoms with Crippen molar-refractivity contribution in [2.45, 2.75) is 13.8 Å². The summed E-state index contributed by atoms with van der Waals surface area (Å²) >= 11 is 1.48. The summed E-state index contributed by atoms with van der Waals surface area (Å²) in [5, 5.41) is 9.66. The number of aromatic nitrogens is 1. The molecule has 0 saturated carbocycles. The Morgan fingerprint density at radius 1 is 1.13 bits per heavy atom. The predicted octanol–water partition coefficient (Wildman–Crippen LogP) is 4.59. The molecule has 30 heavy (non-hydrogen) atoms. The van der Waals surface area contributed by atoms with Crippen molar-refractivity contribution < 1.29 is 9.53 Å². The number of amides is 1. The number of carbonyl (C=O) groups is 1. The number of halogens is 1. The number of ether oxygens (including phenoxy) is 1. The molecule has 6 nitrogen and oxygen atoms in total. The molecule has 0 N–H and O–H groups in total. The van der Waals surface area contributed by atoms with Crippen molar-refractivity contribution >= 4 is 45.0 Å². The Morgan fingerprint density at radius 3 is 2.43 bits per heavy atom. The summed E-state index contributed by atoms with van der Waals surface area (Å²) in [6.45, 7) is 7.34. The van der Waals surface area contributed by atoms with Gasteiger partial charge < -0.3 is 9.64 Å². The molecule has 0 saturated heterocycles. The van der Waals surface area contributed by atoms with E-state index in [0.717, 1.165) is 29.9 Å². The number of thiazole rings is 1. The molecular formula is C22H25ClN4O2S. The Morgan fingerprint density at radius 2 is 1.83 bits per heavy atom. The van der Waals surface area contributed by atoms with Crippen molar-refractivity contribution in [2.75, 3.05) is 38.2 Å². The molecule has 1 aromatic heterocycles. The molecule has 0 aliphatic carbocycles. The van der Waals surface area contributed by atoms with Gasteiger partial charge in [0.25, 0.3) is 5.91 Å². The van der Waals surface area contributed by atoms with Crippen LogP contribution >= 0.6 is 23.7 Å². The Balaban J connectivity index is 0.00000320. The molecule has 1 heterocycles. The van der Waals surface area contributed by atoms with E-state index in [1.807, 2.05) is 18.2 Å². The van der Waals surface area contributed by atoms with Gasteiger partial charge in [-0.05, 0) is 49.5 Å². The van der Waals surface area contributed by atoms with Crippen LogP contribution in [0.3, 0.4) is 0 Å². The number of para-hydroxylation sites is 1. The fourth-order valence-electron chi connectivity index (χ4n) is 3.10. The van der Waals surface area contributed by atoms with Crippen LogP contribution in [-0.2, 0) is 0 Å². The van der Waals surface area contributed by atoms with Crippen molar-refractivity contribution in [3.8, 4) is 11.8 Å². The second-order valence-electron chi connectivity index (χ2n) is 6.48. The summed E-state index contributed by atoms with van der Waals surface area (Å²) in [4.78, 5) is 22.0. The Bertz CT molecular complexity index is 1030. The number of likely N-dealkylation sites (N-methyl/N-ethyl adjacent to an activating group) is 1. The molecule has 0 aliphatic heterocycles. The topological polar surface area (TPSA) is 69.5 Å². The van der Waals surface area contributed by atoms with E-state index in [0.29, 0.717) is 28.6 Å². The maximum absolute atomic E-state index is 13.3. The molecule has 0 unspecified atom stereocenters. The van der Waals surface area contributed by atoms with E-state index < -0.39 is 0 Å². The Hall–Kier alpha value is -2.66. The van der Waals surface area contributed by atoms with E-state index >= 15 is 0 Å². The Labute approximate surface area is 187 Å². The van der Waals surface area contributed by atoms with E-state index in [9.17, 15) is 4.79 Å². The number of anilines is 1. The SMILES string of the molecule is CCN(CC)CCN(C(=O)c1ccc(C#N)cc1)c1nc2c(OC)cccc2s1.Cl.